The van der Waals surface area contributed by atoms with Gasteiger partial charge in [-0.2, -0.15) is 13.2 Å². The first-order valence-electron chi connectivity index (χ1n) is 4.94. The third kappa shape index (κ3) is 2.41. The van der Waals surface area contributed by atoms with E-state index in [0.29, 0.717) is 10.6 Å². The lowest BCUT2D eigenvalue weighted by molar-refractivity contribution is -0.140. The van der Waals surface area contributed by atoms with Crippen LogP contribution in [0.15, 0.2) is 23.1 Å². The van der Waals surface area contributed by atoms with E-state index < -0.39 is 23.6 Å². The molecule has 1 N–H and O–H groups in total. The van der Waals surface area contributed by atoms with Gasteiger partial charge in [0.05, 0.1) is 12.0 Å². The Balaban J connectivity index is 2.45. The number of rotatable bonds is 2. The number of benzene rings is 1. The topological polar surface area (TPSA) is 37.3 Å². The third-order valence-corrected chi connectivity index (χ3v) is 3.88. The van der Waals surface area contributed by atoms with Crippen molar-refractivity contribution in [2.45, 2.75) is 23.4 Å². The largest absolute Gasteiger partial charge is 0.481 e. The van der Waals surface area contributed by atoms with Crippen molar-refractivity contribution in [3.63, 3.8) is 0 Å². The fraction of sp³-hybridized carbons (Fsp3) is 0.364. The van der Waals surface area contributed by atoms with Crippen LogP contribution < -0.4 is 0 Å². The molecule has 1 aliphatic rings. The molecule has 2 nitrogen and oxygen atoms in total. The van der Waals surface area contributed by atoms with Gasteiger partial charge >= 0.3 is 12.1 Å². The van der Waals surface area contributed by atoms with Gasteiger partial charge in [0.25, 0.3) is 0 Å². The number of aliphatic carboxylic acids is 1. The van der Waals surface area contributed by atoms with Crippen molar-refractivity contribution in [3.05, 3.63) is 29.3 Å². The summed E-state index contributed by atoms with van der Waals surface area (Å²) in [5.41, 5.74) is -0.557. The first kappa shape index (κ1) is 12.3. The SMILES string of the molecule is O=C(O)CC1CSc2cccc(C(F)(F)F)c21. The maximum Gasteiger partial charge on any atom is 0.416 e. The van der Waals surface area contributed by atoms with Crippen molar-refractivity contribution in [1.82, 2.24) is 0 Å². The molecule has 0 saturated carbocycles. The lowest BCUT2D eigenvalue weighted by Crippen LogP contribution is -2.13. The fourth-order valence-corrected chi connectivity index (χ4v) is 3.26. The maximum atomic E-state index is 12.8. The predicted molar refractivity (Wildman–Crippen MR) is 57.2 cm³/mol. The van der Waals surface area contributed by atoms with E-state index in [9.17, 15) is 18.0 Å². The molecule has 1 aromatic carbocycles. The van der Waals surface area contributed by atoms with E-state index in [1.807, 2.05) is 0 Å². The van der Waals surface area contributed by atoms with Gasteiger partial charge in [-0.15, -0.1) is 11.8 Å². The van der Waals surface area contributed by atoms with Crippen LogP contribution in [-0.2, 0) is 11.0 Å². The molecule has 0 spiro atoms. The summed E-state index contributed by atoms with van der Waals surface area (Å²) in [7, 11) is 0. The summed E-state index contributed by atoms with van der Waals surface area (Å²) in [6.45, 7) is 0. The minimum Gasteiger partial charge on any atom is -0.481 e. The molecule has 17 heavy (non-hydrogen) atoms. The second-order valence-corrected chi connectivity index (χ2v) is 4.88. The van der Waals surface area contributed by atoms with Gasteiger partial charge in [-0.05, 0) is 17.7 Å². The Morgan fingerprint density at radius 2 is 2.18 bits per heavy atom. The van der Waals surface area contributed by atoms with Gasteiger partial charge in [0.15, 0.2) is 0 Å². The molecular weight excluding hydrogens is 253 g/mol. The summed E-state index contributed by atoms with van der Waals surface area (Å²) >= 11 is 1.28. The van der Waals surface area contributed by atoms with Gasteiger partial charge in [-0.1, -0.05) is 6.07 Å². The van der Waals surface area contributed by atoms with Crippen LogP contribution >= 0.6 is 11.8 Å². The van der Waals surface area contributed by atoms with Crippen molar-refractivity contribution in [2.24, 2.45) is 0 Å². The number of hydrogen-bond acceptors (Lipinski definition) is 2. The van der Waals surface area contributed by atoms with Crippen LogP contribution in [0.2, 0.25) is 0 Å². The molecule has 1 aromatic rings. The fourth-order valence-electron chi connectivity index (χ4n) is 1.98. The first-order chi connectivity index (χ1) is 7.89. The summed E-state index contributed by atoms with van der Waals surface area (Å²) in [5.74, 6) is -1.22. The Labute approximate surface area is 99.8 Å². The summed E-state index contributed by atoms with van der Waals surface area (Å²) < 4.78 is 38.4. The number of hydrogen-bond donors (Lipinski definition) is 1. The van der Waals surface area contributed by atoms with Crippen molar-refractivity contribution in [2.75, 3.05) is 5.75 Å². The second-order valence-electron chi connectivity index (χ2n) is 3.82. The van der Waals surface area contributed by atoms with Crippen LogP contribution in [0.5, 0.6) is 0 Å². The highest BCUT2D eigenvalue weighted by atomic mass is 32.2. The smallest absolute Gasteiger partial charge is 0.416 e. The van der Waals surface area contributed by atoms with Crippen LogP contribution in [0.3, 0.4) is 0 Å². The Hall–Kier alpha value is -1.17. The zero-order chi connectivity index (χ0) is 12.6. The first-order valence-corrected chi connectivity index (χ1v) is 5.93. The summed E-state index contributed by atoms with van der Waals surface area (Å²) in [6.07, 6.45) is -4.68. The van der Waals surface area contributed by atoms with Gasteiger partial charge in [-0.3, -0.25) is 4.79 Å². The molecule has 1 atom stereocenters. The Morgan fingerprint density at radius 3 is 2.76 bits per heavy atom. The van der Waals surface area contributed by atoms with Crippen molar-refractivity contribution in [1.29, 1.82) is 0 Å². The van der Waals surface area contributed by atoms with Crippen LogP contribution in [-0.4, -0.2) is 16.8 Å². The standard InChI is InChI=1S/C11H9F3O2S/c12-11(13,14)7-2-1-3-8-10(7)6(5-17-8)4-9(15)16/h1-3,6H,4-5H2,(H,15,16). The highest BCUT2D eigenvalue weighted by Crippen LogP contribution is 2.47. The molecule has 0 aromatic heterocycles. The molecule has 0 saturated heterocycles. The zero-order valence-corrected chi connectivity index (χ0v) is 9.44. The van der Waals surface area contributed by atoms with Crippen molar-refractivity contribution < 1.29 is 23.1 Å². The van der Waals surface area contributed by atoms with E-state index >= 15 is 0 Å². The molecule has 6 heteroatoms. The van der Waals surface area contributed by atoms with E-state index in [2.05, 4.69) is 0 Å². The van der Waals surface area contributed by atoms with Gasteiger partial charge in [0, 0.05) is 16.6 Å². The molecular formula is C11H9F3O2S. The van der Waals surface area contributed by atoms with Crippen LogP contribution in [0.1, 0.15) is 23.5 Å². The number of thioether (sulfide) groups is 1. The molecule has 0 bridgehead atoms. The Morgan fingerprint density at radius 1 is 1.47 bits per heavy atom. The molecule has 92 valence electrons. The number of alkyl halides is 3. The number of halogens is 3. The number of carboxylic acid groups (broad SMARTS) is 1. The molecule has 0 aliphatic carbocycles. The summed E-state index contributed by atoms with van der Waals surface area (Å²) in [6, 6.07) is 3.98. The molecule has 1 unspecified atom stereocenters. The second kappa shape index (κ2) is 4.25. The van der Waals surface area contributed by atoms with Gasteiger partial charge in [-0.25, -0.2) is 0 Å². The van der Waals surface area contributed by atoms with Crippen LogP contribution in [0, 0.1) is 0 Å². The van der Waals surface area contributed by atoms with Crippen LogP contribution in [0.25, 0.3) is 0 Å². The van der Waals surface area contributed by atoms with Crippen molar-refractivity contribution >= 4 is 17.7 Å². The normalized spacial score (nSPS) is 19.1. The highest BCUT2D eigenvalue weighted by Gasteiger charge is 2.39. The molecule has 2 rings (SSSR count). The molecule has 1 aliphatic heterocycles. The van der Waals surface area contributed by atoms with Crippen molar-refractivity contribution in [3.8, 4) is 0 Å². The Kier molecular flexibility index (Phi) is 3.07. The predicted octanol–water partition coefficient (Wildman–Crippen LogP) is 3.37. The molecule has 0 amide bonds. The third-order valence-electron chi connectivity index (χ3n) is 2.64. The van der Waals surface area contributed by atoms with E-state index in [1.54, 1.807) is 6.07 Å². The summed E-state index contributed by atoms with van der Waals surface area (Å²) in [5, 5.41) is 8.70. The lowest BCUT2D eigenvalue weighted by atomic mass is 9.93. The average molecular weight is 262 g/mol. The maximum absolute atomic E-state index is 12.8. The highest BCUT2D eigenvalue weighted by molar-refractivity contribution is 7.99. The zero-order valence-electron chi connectivity index (χ0n) is 8.62. The van der Waals surface area contributed by atoms with Crippen LogP contribution in [0.4, 0.5) is 13.2 Å². The minimum absolute atomic E-state index is 0.146. The van der Waals surface area contributed by atoms with Gasteiger partial charge in [0.2, 0.25) is 0 Å². The minimum atomic E-state index is -4.42. The lowest BCUT2D eigenvalue weighted by Gasteiger charge is -2.15. The van der Waals surface area contributed by atoms with E-state index in [-0.39, 0.29) is 12.0 Å². The quantitative estimate of drug-likeness (QED) is 0.887. The van der Waals surface area contributed by atoms with E-state index in [1.165, 1.54) is 17.8 Å². The summed E-state index contributed by atoms with van der Waals surface area (Å²) in [4.78, 5) is 11.2. The monoisotopic (exact) mass is 262 g/mol. The average Bonchev–Trinajstić information content (AvgIpc) is 2.59. The van der Waals surface area contributed by atoms with E-state index in [4.69, 9.17) is 5.11 Å². The molecule has 1 heterocycles. The number of carboxylic acids is 1. The molecule has 0 radical (unpaired) electrons. The number of carbonyl (C=O) groups is 1. The number of fused-ring (bicyclic) bond motifs is 1. The van der Waals surface area contributed by atoms with Gasteiger partial charge < -0.3 is 5.11 Å². The molecule has 0 fully saturated rings. The Bertz CT molecular complexity index is 457. The van der Waals surface area contributed by atoms with Gasteiger partial charge in [0.1, 0.15) is 0 Å². The van der Waals surface area contributed by atoms with E-state index in [0.717, 1.165) is 6.07 Å².